The second-order valence-corrected chi connectivity index (χ2v) is 2.80. The zero-order chi connectivity index (χ0) is 8.97. The molecule has 4 N–H and O–H groups in total. The third-order valence-corrected chi connectivity index (χ3v) is 1.89. The molecule has 1 aromatic rings. The smallest absolute Gasteiger partial charge is 0.303 e. The first kappa shape index (κ1) is 9.17. The van der Waals surface area contributed by atoms with Crippen LogP contribution in [-0.4, -0.2) is 28.9 Å². The van der Waals surface area contributed by atoms with Crippen molar-refractivity contribution in [3.8, 4) is 0 Å². The van der Waals surface area contributed by atoms with Gasteiger partial charge in [-0.3, -0.25) is 14.2 Å². The Morgan fingerprint density at radius 3 is 3.08 bits per heavy atom. The minimum absolute atomic E-state index is 0.237. The van der Waals surface area contributed by atoms with Gasteiger partial charge in [0.05, 0.1) is 0 Å². The highest BCUT2D eigenvalue weighted by Crippen LogP contribution is 1.97. The molecule has 0 aromatic carbocycles. The van der Waals surface area contributed by atoms with Crippen LogP contribution in [0.3, 0.4) is 0 Å². The van der Waals surface area contributed by atoms with Crippen LogP contribution in [0.1, 0.15) is 0 Å². The third kappa shape index (κ3) is 2.03. The number of rotatable bonds is 4. The van der Waals surface area contributed by atoms with E-state index < -0.39 is 0 Å². The van der Waals surface area contributed by atoms with Crippen molar-refractivity contribution in [3.63, 3.8) is 0 Å². The largest absolute Gasteiger partial charge is 0.318 e. The first-order chi connectivity index (χ1) is 5.75. The molecule has 6 nitrogen and oxygen atoms in total. The van der Waals surface area contributed by atoms with Crippen LogP contribution in [-0.2, 0) is 0 Å². The molecule has 0 bridgehead atoms. The molecule has 0 amide bonds. The van der Waals surface area contributed by atoms with Crippen LogP contribution in [0.2, 0.25) is 0 Å². The molecule has 12 heavy (non-hydrogen) atoms. The number of nitrogens with zero attached hydrogens (tertiary/aromatic N) is 2. The van der Waals surface area contributed by atoms with Gasteiger partial charge in [-0.05, 0) is 7.05 Å². The molecule has 1 heterocycles. The number of likely N-dealkylation sites (N-methyl/N-ethyl adjacent to an activating group) is 1. The van der Waals surface area contributed by atoms with Gasteiger partial charge in [-0.1, -0.05) is 0 Å². The maximum absolute atomic E-state index is 11.0. The molecule has 0 spiro atoms. The van der Waals surface area contributed by atoms with Gasteiger partial charge < -0.3 is 5.32 Å². The average Bonchev–Trinajstić information content (AvgIpc) is 2.47. The monoisotopic (exact) mass is 189 g/mol. The Bertz CT molecular complexity index is 281. The van der Waals surface area contributed by atoms with Gasteiger partial charge in [0.25, 0.3) is 0 Å². The van der Waals surface area contributed by atoms with E-state index in [0.29, 0.717) is 13.1 Å². The maximum atomic E-state index is 11.0. The molecule has 0 unspecified atom stereocenters. The Labute approximate surface area is 73.7 Å². The van der Waals surface area contributed by atoms with E-state index in [0.717, 1.165) is 11.7 Å². The number of H-pyrrole nitrogens is 1. The van der Waals surface area contributed by atoms with Crippen LogP contribution in [0, 0.1) is 0 Å². The number of aromatic amines is 1. The average molecular weight is 189 g/mol. The summed E-state index contributed by atoms with van der Waals surface area (Å²) in [5.41, 5.74) is -0.237. The molecule has 0 aliphatic rings. The van der Waals surface area contributed by atoms with Crippen molar-refractivity contribution in [2.24, 2.45) is 5.84 Å². The molecule has 68 valence electrons. The Morgan fingerprint density at radius 1 is 1.83 bits per heavy atom. The number of aromatic nitrogens is 2. The lowest BCUT2D eigenvalue weighted by atomic mass is 10.5. The van der Waals surface area contributed by atoms with Crippen LogP contribution >= 0.6 is 11.7 Å². The van der Waals surface area contributed by atoms with E-state index in [4.69, 9.17) is 5.84 Å². The van der Waals surface area contributed by atoms with Gasteiger partial charge in [0.1, 0.15) is 0 Å². The first-order valence-corrected chi connectivity index (χ1v) is 4.24. The van der Waals surface area contributed by atoms with E-state index >= 15 is 0 Å². The Morgan fingerprint density at radius 2 is 2.58 bits per heavy atom. The molecular weight excluding hydrogens is 178 g/mol. The summed E-state index contributed by atoms with van der Waals surface area (Å²) in [4.78, 5) is 11.0. The minimum atomic E-state index is -0.237. The van der Waals surface area contributed by atoms with Crippen molar-refractivity contribution >= 4 is 17.5 Å². The number of hydrogen-bond acceptors (Lipinski definition) is 6. The highest BCUT2D eigenvalue weighted by atomic mass is 32.1. The summed E-state index contributed by atoms with van der Waals surface area (Å²) in [6.45, 7) is 1.27. The summed E-state index contributed by atoms with van der Waals surface area (Å²) in [6, 6.07) is 0. The van der Waals surface area contributed by atoms with Gasteiger partial charge >= 0.3 is 5.56 Å². The molecule has 1 rings (SSSR count). The fourth-order valence-corrected chi connectivity index (χ4v) is 1.21. The summed E-state index contributed by atoms with van der Waals surface area (Å²) in [5.74, 6) is 5.82. The number of nitrogens with two attached hydrogens (primary N) is 1. The Hall–Kier alpha value is -0.920. The normalized spacial score (nSPS) is 10.2. The SMILES string of the molecule is CNCCN(N)c1ns[nH]c1=O. The molecule has 7 heteroatoms. The lowest BCUT2D eigenvalue weighted by Gasteiger charge is -2.12. The van der Waals surface area contributed by atoms with E-state index in [1.54, 1.807) is 0 Å². The van der Waals surface area contributed by atoms with Gasteiger partial charge in [0, 0.05) is 24.8 Å². The van der Waals surface area contributed by atoms with E-state index in [1.807, 2.05) is 7.05 Å². The van der Waals surface area contributed by atoms with E-state index in [-0.39, 0.29) is 11.4 Å². The summed E-state index contributed by atoms with van der Waals surface area (Å²) >= 11 is 0.998. The predicted octanol–water partition coefficient (Wildman–Crippen LogP) is -1.27. The molecule has 0 aliphatic heterocycles. The summed E-state index contributed by atoms with van der Waals surface area (Å²) in [5, 5.41) is 4.25. The van der Waals surface area contributed by atoms with Gasteiger partial charge in [0.15, 0.2) is 0 Å². The molecule has 0 radical (unpaired) electrons. The van der Waals surface area contributed by atoms with Gasteiger partial charge in [-0.2, -0.15) is 4.37 Å². The molecule has 0 atom stereocenters. The zero-order valence-electron chi connectivity index (χ0n) is 6.70. The van der Waals surface area contributed by atoms with Crippen molar-refractivity contribution in [2.45, 2.75) is 0 Å². The van der Waals surface area contributed by atoms with Crippen molar-refractivity contribution < 1.29 is 0 Å². The van der Waals surface area contributed by atoms with Gasteiger partial charge in [0.2, 0.25) is 5.82 Å². The van der Waals surface area contributed by atoms with Crippen molar-refractivity contribution in [1.82, 2.24) is 14.1 Å². The van der Waals surface area contributed by atoms with Crippen LogP contribution in [0.15, 0.2) is 4.79 Å². The van der Waals surface area contributed by atoms with E-state index in [2.05, 4.69) is 14.1 Å². The fraction of sp³-hybridized carbons (Fsp3) is 0.600. The lowest BCUT2D eigenvalue weighted by Crippen LogP contribution is -2.39. The second-order valence-electron chi connectivity index (χ2n) is 2.23. The summed E-state index contributed by atoms with van der Waals surface area (Å²) in [6.07, 6.45) is 0. The molecule has 1 aromatic heterocycles. The second kappa shape index (κ2) is 4.19. The Balaban J connectivity index is 2.59. The highest BCUT2D eigenvalue weighted by molar-refractivity contribution is 6.99. The van der Waals surface area contributed by atoms with Crippen LogP contribution < -0.4 is 21.7 Å². The number of nitrogens with one attached hydrogen (secondary N) is 2. The van der Waals surface area contributed by atoms with Crippen LogP contribution in [0.25, 0.3) is 0 Å². The molecule has 0 fully saturated rings. The van der Waals surface area contributed by atoms with Crippen molar-refractivity contribution in [3.05, 3.63) is 10.4 Å². The number of hydrazine groups is 1. The third-order valence-electron chi connectivity index (χ3n) is 1.35. The molecule has 0 saturated carbocycles. The standard InChI is InChI=1S/C5H11N5OS/c1-7-2-3-10(6)4-5(11)9-12-8-4/h7H,2-3,6H2,1H3,(H,9,11). The maximum Gasteiger partial charge on any atom is 0.303 e. The highest BCUT2D eigenvalue weighted by Gasteiger charge is 2.07. The summed E-state index contributed by atoms with van der Waals surface area (Å²) in [7, 11) is 1.82. The van der Waals surface area contributed by atoms with Crippen molar-refractivity contribution in [1.29, 1.82) is 0 Å². The van der Waals surface area contributed by atoms with Gasteiger partial charge in [-0.15, -0.1) is 0 Å². The number of hydrogen-bond donors (Lipinski definition) is 3. The number of anilines is 1. The fourth-order valence-electron chi connectivity index (χ4n) is 0.716. The lowest BCUT2D eigenvalue weighted by molar-refractivity contribution is 0.736. The minimum Gasteiger partial charge on any atom is -0.318 e. The Kier molecular flexibility index (Phi) is 3.20. The molecular formula is C5H11N5OS. The summed E-state index contributed by atoms with van der Waals surface area (Å²) < 4.78 is 6.27. The van der Waals surface area contributed by atoms with Crippen molar-refractivity contribution in [2.75, 3.05) is 25.1 Å². The van der Waals surface area contributed by atoms with Gasteiger partial charge in [-0.25, -0.2) is 5.84 Å². The first-order valence-electron chi connectivity index (χ1n) is 3.47. The zero-order valence-corrected chi connectivity index (χ0v) is 7.52. The predicted molar refractivity (Wildman–Crippen MR) is 48.2 cm³/mol. The van der Waals surface area contributed by atoms with Crippen LogP contribution in [0.4, 0.5) is 5.82 Å². The quantitative estimate of drug-likeness (QED) is 0.406. The van der Waals surface area contributed by atoms with E-state index in [9.17, 15) is 4.79 Å². The molecule has 0 saturated heterocycles. The molecule has 0 aliphatic carbocycles. The van der Waals surface area contributed by atoms with Crippen LogP contribution in [0.5, 0.6) is 0 Å². The topological polar surface area (TPSA) is 87.0 Å². The van der Waals surface area contributed by atoms with E-state index in [1.165, 1.54) is 5.01 Å².